The van der Waals surface area contributed by atoms with Crippen molar-refractivity contribution in [3.63, 3.8) is 0 Å². The second kappa shape index (κ2) is 8.35. The zero-order valence-electron chi connectivity index (χ0n) is 21.3. The van der Waals surface area contributed by atoms with Crippen LogP contribution in [-0.4, -0.2) is 31.3 Å². The van der Waals surface area contributed by atoms with Crippen molar-refractivity contribution in [3.05, 3.63) is 82.8 Å². The highest BCUT2D eigenvalue weighted by molar-refractivity contribution is 6.09. The maximum Gasteiger partial charge on any atom is 0.449 e. The fourth-order valence-electron chi connectivity index (χ4n) is 5.77. The van der Waals surface area contributed by atoms with Crippen molar-refractivity contribution in [2.45, 2.75) is 50.5 Å². The van der Waals surface area contributed by atoms with E-state index in [4.69, 9.17) is 18.6 Å². The number of carbonyl (C=O) groups excluding carboxylic acids is 1. The zero-order chi connectivity index (χ0) is 26.9. The van der Waals surface area contributed by atoms with Crippen LogP contribution in [0.4, 0.5) is 18.9 Å². The molecular weight excluding hydrogens is 499 g/mol. The van der Waals surface area contributed by atoms with Crippen molar-refractivity contribution in [2.75, 3.05) is 25.1 Å². The third kappa shape index (κ3) is 3.99. The number of amides is 1. The molecule has 6 nitrogen and oxygen atoms in total. The molecular formula is C29H28F3NO5. The summed E-state index contributed by atoms with van der Waals surface area (Å²) in [7, 11) is 0. The van der Waals surface area contributed by atoms with E-state index in [1.165, 1.54) is 6.07 Å². The van der Waals surface area contributed by atoms with Gasteiger partial charge < -0.3 is 23.9 Å². The Labute approximate surface area is 218 Å². The average Bonchev–Trinajstić information content (AvgIpc) is 3.42. The molecule has 2 atom stereocenters. The Kier molecular flexibility index (Phi) is 5.49. The van der Waals surface area contributed by atoms with Crippen LogP contribution in [0, 0.1) is 5.41 Å². The first-order valence-corrected chi connectivity index (χ1v) is 12.5. The molecule has 0 radical (unpaired) electrons. The second-order valence-electron chi connectivity index (χ2n) is 11.4. The molecule has 4 heterocycles. The lowest BCUT2D eigenvalue weighted by molar-refractivity contribution is -0.157. The fraction of sp³-hybridized carbons (Fsp3) is 0.414. The normalized spacial score (nSPS) is 23.7. The van der Waals surface area contributed by atoms with E-state index in [-0.39, 0.29) is 23.7 Å². The van der Waals surface area contributed by atoms with Crippen molar-refractivity contribution in [2.24, 2.45) is 5.41 Å². The molecule has 0 saturated carbocycles. The highest BCUT2D eigenvalue weighted by Gasteiger charge is 2.55. The molecule has 38 heavy (non-hydrogen) atoms. The molecule has 1 fully saturated rings. The van der Waals surface area contributed by atoms with E-state index in [1.807, 2.05) is 51.1 Å². The number of furan rings is 1. The summed E-state index contributed by atoms with van der Waals surface area (Å²) in [6, 6.07) is 15.2. The van der Waals surface area contributed by atoms with E-state index in [0.29, 0.717) is 36.5 Å². The highest BCUT2D eigenvalue weighted by Crippen LogP contribution is 2.54. The number of nitrogens with one attached hydrogen (secondary N) is 1. The predicted octanol–water partition coefficient (Wildman–Crippen LogP) is 6.24. The number of hydrogen-bond donors (Lipinski definition) is 1. The Hall–Kier alpha value is -3.30. The minimum atomic E-state index is -4.62. The quantitative estimate of drug-likeness (QED) is 0.425. The van der Waals surface area contributed by atoms with E-state index in [9.17, 15) is 18.0 Å². The van der Waals surface area contributed by atoms with Gasteiger partial charge in [-0.3, -0.25) is 4.79 Å². The van der Waals surface area contributed by atoms with E-state index in [1.54, 1.807) is 12.1 Å². The standard InChI is InChI=1S/C29H28F3NO5/c1-26(2)13-28(18-6-4-5-7-20(18)33-25(28)34)19-9-8-17(12-22(19)38-26)24(36-16-27(3)14-35-15-27)21-10-11-23(37-21)29(30,31)32/h4-12,24H,13-16H2,1-3H3,(H,33,34). The number of carbonyl (C=O) groups is 1. The largest absolute Gasteiger partial charge is 0.487 e. The summed E-state index contributed by atoms with van der Waals surface area (Å²) in [5, 5.41) is 3.01. The summed E-state index contributed by atoms with van der Waals surface area (Å²) in [5.74, 6) is -0.696. The van der Waals surface area contributed by atoms with E-state index in [2.05, 4.69) is 5.32 Å². The maximum absolute atomic E-state index is 13.5. The number of benzene rings is 2. The van der Waals surface area contributed by atoms with Gasteiger partial charge in [-0.1, -0.05) is 37.3 Å². The van der Waals surface area contributed by atoms with Gasteiger partial charge in [0.2, 0.25) is 11.7 Å². The van der Waals surface area contributed by atoms with Gasteiger partial charge in [0.05, 0.1) is 19.8 Å². The minimum absolute atomic E-state index is 0.0369. The third-order valence-electron chi connectivity index (χ3n) is 7.53. The van der Waals surface area contributed by atoms with Crippen LogP contribution in [0.5, 0.6) is 5.75 Å². The van der Waals surface area contributed by atoms with Gasteiger partial charge in [-0.25, -0.2) is 0 Å². The van der Waals surface area contributed by atoms with Crippen molar-refractivity contribution < 1.29 is 36.6 Å². The van der Waals surface area contributed by atoms with Crippen LogP contribution in [0.2, 0.25) is 0 Å². The number of ether oxygens (including phenoxy) is 3. The van der Waals surface area contributed by atoms with Crippen LogP contribution in [-0.2, 0) is 25.9 Å². The number of anilines is 1. The van der Waals surface area contributed by atoms with Gasteiger partial charge in [-0.2, -0.15) is 13.2 Å². The number of halogens is 3. The topological polar surface area (TPSA) is 69.9 Å². The van der Waals surface area contributed by atoms with Crippen LogP contribution in [0.25, 0.3) is 0 Å². The Balaban J connectivity index is 1.44. The molecule has 3 aliphatic heterocycles. The number of alkyl halides is 3. The monoisotopic (exact) mass is 527 g/mol. The van der Waals surface area contributed by atoms with E-state index >= 15 is 0 Å². The Morgan fingerprint density at radius 1 is 1.03 bits per heavy atom. The number of rotatable bonds is 5. The molecule has 1 saturated heterocycles. The molecule has 2 unspecified atom stereocenters. The number of fused-ring (bicyclic) bond motifs is 4. The van der Waals surface area contributed by atoms with Gasteiger partial charge in [-0.15, -0.1) is 0 Å². The van der Waals surface area contributed by atoms with Crippen LogP contribution < -0.4 is 10.1 Å². The van der Waals surface area contributed by atoms with Gasteiger partial charge in [0.15, 0.2) is 0 Å². The van der Waals surface area contributed by atoms with Gasteiger partial charge in [0.25, 0.3) is 0 Å². The first kappa shape index (κ1) is 25.0. The Morgan fingerprint density at radius 2 is 1.79 bits per heavy atom. The maximum atomic E-state index is 13.5. The lowest BCUT2D eigenvalue weighted by atomic mass is 9.67. The highest BCUT2D eigenvalue weighted by atomic mass is 19.4. The number of hydrogen-bond acceptors (Lipinski definition) is 5. The van der Waals surface area contributed by atoms with Crippen molar-refractivity contribution >= 4 is 11.6 Å². The average molecular weight is 528 g/mol. The summed E-state index contributed by atoms with van der Waals surface area (Å²) in [6.07, 6.45) is -5.10. The lowest BCUT2D eigenvalue weighted by Crippen LogP contribution is -2.48. The molecule has 1 aromatic heterocycles. The van der Waals surface area contributed by atoms with Crippen LogP contribution >= 0.6 is 0 Å². The predicted molar refractivity (Wildman–Crippen MR) is 132 cm³/mol. The molecule has 3 aliphatic rings. The molecule has 1 spiro atoms. The SMILES string of the molecule is CC1(COC(c2ccc3c(c2)OC(C)(C)CC32C(=O)Nc3ccccc32)c2ccc(C(F)(F)F)o2)COC1. The first-order chi connectivity index (χ1) is 17.9. The van der Waals surface area contributed by atoms with Gasteiger partial charge in [0, 0.05) is 23.1 Å². The molecule has 9 heteroatoms. The van der Waals surface area contributed by atoms with E-state index in [0.717, 1.165) is 17.3 Å². The Morgan fingerprint density at radius 3 is 2.47 bits per heavy atom. The molecule has 2 aromatic carbocycles. The summed E-state index contributed by atoms with van der Waals surface area (Å²) in [5.41, 5.74) is 1.03. The second-order valence-corrected chi connectivity index (χ2v) is 11.4. The summed E-state index contributed by atoms with van der Waals surface area (Å²) in [4.78, 5) is 13.5. The molecule has 200 valence electrons. The van der Waals surface area contributed by atoms with Crippen molar-refractivity contribution in [1.82, 2.24) is 0 Å². The fourth-order valence-corrected chi connectivity index (χ4v) is 5.77. The molecule has 6 rings (SSSR count). The molecule has 1 amide bonds. The van der Waals surface area contributed by atoms with Gasteiger partial charge in [-0.05, 0) is 49.2 Å². The summed E-state index contributed by atoms with van der Waals surface area (Å²) in [6.45, 7) is 7.12. The van der Waals surface area contributed by atoms with E-state index < -0.39 is 29.1 Å². The number of para-hydroxylation sites is 1. The van der Waals surface area contributed by atoms with Crippen LogP contribution in [0.3, 0.4) is 0 Å². The minimum Gasteiger partial charge on any atom is -0.487 e. The summed E-state index contributed by atoms with van der Waals surface area (Å²) < 4.78 is 63.1. The van der Waals surface area contributed by atoms with Crippen LogP contribution in [0.15, 0.2) is 59.0 Å². The first-order valence-electron chi connectivity index (χ1n) is 12.5. The molecule has 0 bridgehead atoms. The molecule has 0 aliphatic carbocycles. The zero-order valence-corrected chi connectivity index (χ0v) is 21.3. The smallest absolute Gasteiger partial charge is 0.449 e. The molecule has 1 N–H and O–H groups in total. The van der Waals surface area contributed by atoms with Crippen LogP contribution in [0.1, 0.15) is 61.5 Å². The van der Waals surface area contributed by atoms with Gasteiger partial charge in [0.1, 0.15) is 28.6 Å². The molecule has 3 aromatic rings. The summed E-state index contributed by atoms with van der Waals surface area (Å²) >= 11 is 0. The Bertz CT molecular complexity index is 1410. The van der Waals surface area contributed by atoms with Crippen molar-refractivity contribution in [1.29, 1.82) is 0 Å². The van der Waals surface area contributed by atoms with Gasteiger partial charge >= 0.3 is 6.18 Å². The lowest BCUT2D eigenvalue weighted by Gasteiger charge is -2.43. The third-order valence-corrected chi connectivity index (χ3v) is 7.53. The van der Waals surface area contributed by atoms with Crippen molar-refractivity contribution in [3.8, 4) is 5.75 Å².